The van der Waals surface area contributed by atoms with Gasteiger partial charge in [0.25, 0.3) is 0 Å². The van der Waals surface area contributed by atoms with Gasteiger partial charge in [0.1, 0.15) is 5.82 Å². The summed E-state index contributed by atoms with van der Waals surface area (Å²) in [6.07, 6.45) is 0. The van der Waals surface area contributed by atoms with Gasteiger partial charge in [-0.25, -0.2) is 14.2 Å². The number of hydrogen-bond acceptors (Lipinski definition) is 4. The van der Waals surface area contributed by atoms with Crippen molar-refractivity contribution in [2.75, 3.05) is 0 Å². The van der Waals surface area contributed by atoms with Crippen LogP contribution >= 0.6 is 0 Å². The van der Waals surface area contributed by atoms with Crippen molar-refractivity contribution < 1.29 is 18.7 Å². The summed E-state index contributed by atoms with van der Waals surface area (Å²) in [7, 11) is 0. The number of oxazole rings is 1. The summed E-state index contributed by atoms with van der Waals surface area (Å²) in [5.41, 5.74) is 1.08. The lowest BCUT2D eigenvalue weighted by atomic mass is 10.2. The standard InChI is InChI=1S/C13H7FN2O3/c14-8-3-1-7(2-4-8)12-16-11-10(19-12)6-5-9(15-11)13(17)18/h1-6H,(H,17,18). The van der Waals surface area contributed by atoms with E-state index in [0.29, 0.717) is 11.1 Å². The van der Waals surface area contributed by atoms with E-state index in [1.54, 1.807) is 0 Å². The average Bonchev–Trinajstić information content (AvgIpc) is 2.82. The Morgan fingerprint density at radius 3 is 2.53 bits per heavy atom. The number of nitrogens with zero attached hydrogens (tertiary/aromatic N) is 2. The molecule has 3 aromatic rings. The highest BCUT2D eigenvalue weighted by Gasteiger charge is 2.12. The highest BCUT2D eigenvalue weighted by molar-refractivity contribution is 5.88. The minimum Gasteiger partial charge on any atom is -0.477 e. The molecule has 0 aliphatic rings. The molecule has 19 heavy (non-hydrogen) atoms. The summed E-state index contributed by atoms with van der Waals surface area (Å²) in [5.74, 6) is -1.22. The topological polar surface area (TPSA) is 76.2 Å². The van der Waals surface area contributed by atoms with Crippen LogP contribution in [0.3, 0.4) is 0 Å². The summed E-state index contributed by atoms with van der Waals surface area (Å²) in [5, 5.41) is 8.84. The van der Waals surface area contributed by atoms with Crippen LogP contribution in [0, 0.1) is 5.82 Å². The minimum absolute atomic E-state index is 0.105. The van der Waals surface area contributed by atoms with Crippen LogP contribution in [0.15, 0.2) is 40.8 Å². The largest absolute Gasteiger partial charge is 0.477 e. The molecule has 0 amide bonds. The number of carboxylic acid groups (broad SMARTS) is 1. The molecule has 0 aliphatic carbocycles. The van der Waals surface area contributed by atoms with Gasteiger partial charge in [0.05, 0.1) is 0 Å². The molecule has 0 atom stereocenters. The molecule has 0 saturated heterocycles. The molecule has 0 fully saturated rings. The molecule has 2 aromatic heterocycles. The molecule has 6 heteroatoms. The predicted octanol–water partition coefficient (Wildman–Crippen LogP) is 2.73. The molecule has 0 saturated carbocycles. The lowest BCUT2D eigenvalue weighted by Crippen LogP contribution is -1.99. The smallest absolute Gasteiger partial charge is 0.354 e. The molecule has 0 unspecified atom stereocenters. The Hall–Kier alpha value is -2.76. The van der Waals surface area contributed by atoms with Gasteiger partial charge in [0.2, 0.25) is 5.89 Å². The van der Waals surface area contributed by atoms with E-state index in [4.69, 9.17) is 9.52 Å². The number of benzene rings is 1. The van der Waals surface area contributed by atoms with E-state index in [0.717, 1.165) is 0 Å². The Bertz CT molecular complexity index is 765. The SMILES string of the molecule is O=C(O)c1ccc2oc(-c3ccc(F)cc3)nc2n1. The number of carboxylic acids is 1. The molecule has 0 spiro atoms. The van der Waals surface area contributed by atoms with Gasteiger partial charge in [0.15, 0.2) is 16.9 Å². The van der Waals surface area contributed by atoms with Gasteiger partial charge < -0.3 is 9.52 Å². The molecule has 1 N–H and O–H groups in total. The van der Waals surface area contributed by atoms with E-state index >= 15 is 0 Å². The van der Waals surface area contributed by atoms with Crippen molar-refractivity contribution in [1.29, 1.82) is 0 Å². The zero-order valence-corrected chi connectivity index (χ0v) is 9.50. The third kappa shape index (κ3) is 2.03. The first-order chi connectivity index (χ1) is 9.13. The first-order valence-corrected chi connectivity index (χ1v) is 5.40. The molecule has 94 valence electrons. The molecular formula is C13H7FN2O3. The Kier molecular flexibility index (Phi) is 2.49. The number of aromatic nitrogens is 2. The third-order valence-electron chi connectivity index (χ3n) is 2.56. The summed E-state index contributed by atoms with van der Waals surface area (Å²) in [4.78, 5) is 18.7. The zero-order chi connectivity index (χ0) is 13.4. The number of aromatic carboxylic acids is 1. The Balaban J connectivity index is 2.11. The maximum Gasteiger partial charge on any atom is 0.354 e. The predicted molar refractivity (Wildman–Crippen MR) is 64.2 cm³/mol. The van der Waals surface area contributed by atoms with Gasteiger partial charge in [-0.05, 0) is 36.4 Å². The zero-order valence-electron chi connectivity index (χ0n) is 9.50. The molecule has 2 heterocycles. The average molecular weight is 258 g/mol. The number of pyridine rings is 1. The van der Waals surface area contributed by atoms with E-state index in [1.165, 1.54) is 36.4 Å². The minimum atomic E-state index is -1.13. The Morgan fingerprint density at radius 1 is 1.11 bits per heavy atom. The van der Waals surface area contributed by atoms with Crippen molar-refractivity contribution in [3.8, 4) is 11.5 Å². The van der Waals surface area contributed by atoms with Crippen molar-refractivity contribution in [2.24, 2.45) is 0 Å². The number of hydrogen-bond donors (Lipinski definition) is 1. The maximum absolute atomic E-state index is 12.8. The van der Waals surface area contributed by atoms with E-state index in [9.17, 15) is 9.18 Å². The second kappa shape index (κ2) is 4.16. The van der Waals surface area contributed by atoms with Crippen molar-refractivity contribution in [1.82, 2.24) is 9.97 Å². The van der Waals surface area contributed by atoms with E-state index in [2.05, 4.69) is 9.97 Å². The fraction of sp³-hybridized carbons (Fsp3) is 0. The summed E-state index contributed by atoms with van der Waals surface area (Å²) in [6, 6.07) is 8.47. The first kappa shape index (κ1) is 11.3. The van der Waals surface area contributed by atoms with E-state index in [1.807, 2.05) is 0 Å². The molecule has 0 aliphatic heterocycles. The van der Waals surface area contributed by atoms with Crippen molar-refractivity contribution >= 4 is 17.2 Å². The fourth-order valence-corrected chi connectivity index (χ4v) is 1.65. The molecule has 5 nitrogen and oxygen atoms in total. The number of rotatable bonds is 2. The van der Waals surface area contributed by atoms with E-state index < -0.39 is 5.97 Å². The second-order valence-corrected chi connectivity index (χ2v) is 3.85. The summed E-state index contributed by atoms with van der Waals surface area (Å²) >= 11 is 0. The highest BCUT2D eigenvalue weighted by atomic mass is 19.1. The van der Waals surface area contributed by atoms with Crippen LogP contribution in [0.5, 0.6) is 0 Å². The van der Waals surface area contributed by atoms with Gasteiger partial charge in [-0.15, -0.1) is 0 Å². The van der Waals surface area contributed by atoms with Gasteiger partial charge >= 0.3 is 5.97 Å². The Morgan fingerprint density at radius 2 is 1.84 bits per heavy atom. The second-order valence-electron chi connectivity index (χ2n) is 3.85. The van der Waals surface area contributed by atoms with Gasteiger partial charge in [-0.3, -0.25) is 0 Å². The van der Waals surface area contributed by atoms with Crippen LogP contribution in [-0.2, 0) is 0 Å². The van der Waals surface area contributed by atoms with Crippen LogP contribution < -0.4 is 0 Å². The highest BCUT2D eigenvalue weighted by Crippen LogP contribution is 2.23. The fourth-order valence-electron chi connectivity index (χ4n) is 1.65. The molecule has 1 aromatic carbocycles. The molecule has 3 rings (SSSR count). The van der Waals surface area contributed by atoms with Gasteiger partial charge in [0, 0.05) is 5.56 Å². The van der Waals surface area contributed by atoms with Gasteiger partial charge in [-0.1, -0.05) is 0 Å². The molecule has 0 bridgehead atoms. The van der Waals surface area contributed by atoms with Crippen LogP contribution in [0.2, 0.25) is 0 Å². The monoisotopic (exact) mass is 258 g/mol. The summed E-state index contributed by atoms with van der Waals surface area (Å²) < 4.78 is 18.3. The van der Waals surface area contributed by atoms with Gasteiger partial charge in [-0.2, -0.15) is 4.98 Å². The number of carbonyl (C=O) groups is 1. The first-order valence-electron chi connectivity index (χ1n) is 5.40. The van der Waals surface area contributed by atoms with Crippen molar-refractivity contribution in [3.63, 3.8) is 0 Å². The molecule has 0 radical (unpaired) electrons. The third-order valence-corrected chi connectivity index (χ3v) is 2.56. The van der Waals surface area contributed by atoms with Crippen LogP contribution in [-0.4, -0.2) is 21.0 Å². The maximum atomic E-state index is 12.8. The van der Waals surface area contributed by atoms with Crippen LogP contribution in [0.4, 0.5) is 4.39 Å². The quantitative estimate of drug-likeness (QED) is 0.764. The van der Waals surface area contributed by atoms with Crippen LogP contribution in [0.1, 0.15) is 10.5 Å². The number of fused-ring (bicyclic) bond motifs is 1. The lowest BCUT2D eigenvalue weighted by Gasteiger charge is -1.93. The lowest BCUT2D eigenvalue weighted by molar-refractivity contribution is 0.0691. The van der Waals surface area contributed by atoms with Crippen molar-refractivity contribution in [2.45, 2.75) is 0 Å². The Labute approximate surface area is 106 Å². The number of halogens is 1. The normalized spacial score (nSPS) is 10.8. The summed E-state index contributed by atoms with van der Waals surface area (Å²) in [6.45, 7) is 0. The van der Waals surface area contributed by atoms with Crippen molar-refractivity contribution in [3.05, 3.63) is 47.9 Å². The molecular weight excluding hydrogens is 251 g/mol. The van der Waals surface area contributed by atoms with Crippen LogP contribution in [0.25, 0.3) is 22.7 Å². The van der Waals surface area contributed by atoms with E-state index in [-0.39, 0.29) is 23.0 Å².